The molecule has 1 atom stereocenters. The van der Waals surface area contributed by atoms with Gasteiger partial charge in [0.05, 0.1) is 4.90 Å². The van der Waals surface area contributed by atoms with Crippen LogP contribution >= 0.6 is 0 Å². The van der Waals surface area contributed by atoms with E-state index in [0.717, 1.165) is 0 Å². The van der Waals surface area contributed by atoms with Crippen molar-refractivity contribution in [3.63, 3.8) is 0 Å². The molecule has 2 aromatic rings. The summed E-state index contributed by atoms with van der Waals surface area (Å²) in [5, 5.41) is 2.11. The molecule has 0 saturated heterocycles. The minimum atomic E-state index is -3.95. The molecule has 0 aliphatic carbocycles. The summed E-state index contributed by atoms with van der Waals surface area (Å²) < 4.78 is 33.7. The molecule has 0 radical (unpaired) electrons. The number of hydrogen-bond donors (Lipinski definition) is 2. The van der Waals surface area contributed by atoms with E-state index in [1.165, 1.54) is 22.8 Å². The fourth-order valence-electron chi connectivity index (χ4n) is 2.44. The van der Waals surface area contributed by atoms with E-state index in [-0.39, 0.29) is 10.6 Å². The molecule has 0 saturated carbocycles. The summed E-state index contributed by atoms with van der Waals surface area (Å²) in [6, 6.07) is 9.56. The molecule has 2 amide bonds. The minimum Gasteiger partial charge on any atom is -0.454 e. The van der Waals surface area contributed by atoms with Gasteiger partial charge < -0.3 is 9.30 Å². The normalized spacial score (nSPS) is 12.4. The predicted octanol–water partition coefficient (Wildman–Crippen LogP) is 0.828. The number of sulfonamides is 1. The summed E-state index contributed by atoms with van der Waals surface area (Å²) in [6.07, 6.45) is 1.64. The van der Waals surface area contributed by atoms with Crippen LogP contribution in [0.1, 0.15) is 24.3 Å². The first-order valence-electron chi connectivity index (χ1n) is 8.81. The van der Waals surface area contributed by atoms with Gasteiger partial charge in [-0.3, -0.25) is 19.7 Å². The van der Waals surface area contributed by atoms with Crippen LogP contribution in [0.15, 0.2) is 53.6 Å². The number of imide groups is 1. The zero-order chi connectivity index (χ0) is 21.6. The molecule has 1 aromatic carbocycles. The van der Waals surface area contributed by atoms with E-state index < -0.39 is 46.4 Å². The van der Waals surface area contributed by atoms with Gasteiger partial charge >= 0.3 is 5.97 Å². The summed E-state index contributed by atoms with van der Waals surface area (Å²) in [6.45, 7) is 2.56. The van der Waals surface area contributed by atoms with E-state index >= 15 is 0 Å². The predicted molar refractivity (Wildman–Crippen MR) is 104 cm³/mol. The molecular formula is C19H23N3O6S. The Hall–Kier alpha value is -2.98. The number of amides is 2. The second-order valence-corrected chi connectivity index (χ2v) is 8.36. The van der Waals surface area contributed by atoms with Crippen molar-refractivity contribution in [1.29, 1.82) is 0 Å². The quantitative estimate of drug-likeness (QED) is 0.609. The van der Waals surface area contributed by atoms with Crippen molar-refractivity contribution >= 4 is 27.8 Å². The lowest BCUT2D eigenvalue weighted by Crippen LogP contribution is -2.46. The zero-order valence-electron chi connectivity index (χ0n) is 16.3. The van der Waals surface area contributed by atoms with Crippen molar-refractivity contribution in [3.05, 3.63) is 54.4 Å². The Bertz CT molecular complexity index is 982. The van der Waals surface area contributed by atoms with E-state index in [4.69, 9.17) is 4.74 Å². The number of carbonyl (C=O) groups excluding carboxylic acids is 3. The highest BCUT2D eigenvalue weighted by Gasteiger charge is 2.30. The molecule has 10 heteroatoms. The highest BCUT2D eigenvalue weighted by atomic mass is 32.2. The van der Waals surface area contributed by atoms with Gasteiger partial charge in [0.25, 0.3) is 11.8 Å². The number of aryl methyl sites for hydroxylation is 1. The molecule has 29 heavy (non-hydrogen) atoms. The van der Waals surface area contributed by atoms with Gasteiger partial charge in [0.15, 0.2) is 6.61 Å². The molecule has 0 bridgehead atoms. The van der Waals surface area contributed by atoms with Gasteiger partial charge in [-0.05, 0) is 30.2 Å². The van der Waals surface area contributed by atoms with Gasteiger partial charge in [-0.15, -0.1) is 0 Å². The Labute approximate surface area is 169 Å². The van der Waals surface area contributed by atoms with Crippen LogP contribution in [0.5, 0.6) is 0 Å². The topological polar surface area (TPSA) is 124 Å². The smallest absolute Gasteiger partial charge is 0.324 e. The molecule has 156 valence electrons. The maximum absolute atomic E-state index is 12.5. The maximum atomic E-state index is 12.5. The Kier molecular flexibility index (Phi) is 7.29. The van der Waals surface area contributed by atoms with Crippen LogP contribution in [0.25, 0.3) is 0 Å². The number of esters is 1. The first kappa shape index (κ1) is 22.3. The molecule has 2 rings (SSSR count). The lowest BCUT2D eigenvalue weighted by atomic mass is 10.1. The van der Waals surface area contributed by atoms with Crippen molar-refractivity contribution in [1.82, 2.24) is 14.6 Å². The SMILES string of the molecule is CC(C)[C@@H](NS(=O)(=O)c1ccccc1)C(=O)OCC(=O)NC(=O)c1cccn1C. The number of aromatic nitrogens is 1. The van der Waals surface area contributed by atoms with Crippen molar-refractivity contribution in [3.8, 4) is 0 Å². The van der Waals surface area contributed by atoms with E-state index in [9.17, 15) is 22.8 Å². The van der Waals surface area contributed by atoms with Crippen LogP contribution in [-0.2, 0) is 31.4 Å². The number of nitrogens with one attached hydrogen (secondary N) is 2. The Balaban J connectivity index is 1.96. The number of nitrogens with zero attached hydrogens (tertiary/aromatic N) is 1. The van der Waals surface area contributed by atoms with Crippen molar-refractivity contribution < 1.29 is 27.5 Å². The summed E-state index contributed by atoms with van der Waals surface area (Å²) in [4.78, 5) is 36.2. The standard InChI is InChI=1S/C19H23N3O6S/c1-13(2)17(21-29(26,27)14-8-5-4-6-9-14)19(25)28-12-16(23)20-18(24)15-10-7-11-22(15)3/h4-11,13,17,21H,12H2,1-3H3,(H,20,23,24)/t17-/m1/s1. The third-order valence-electron chi connectivity index (χ3n) is 4.03. The van der Waals surface area contributed by atoms with Crippen LogP contribution in [-0.4, -0.2) is 43.4 Å². The van der Waals surface area contributed by atoms with Crippen molar-refractivity contribution in [2.45, 2.75) is 24.8 Å². The van der Waals surface area contributed by atoms with Gasteiger partial charge in [0.2, 0.25) is 10.0 Å². The van der Waals surface area contributed by atoms with Crippen LogP contribution in [0.4, 0.5) is 0 Å². The number of ether oxygens (including phenoxy) is 1. The first-order chi connectivity index (χ1) is 13.6. The highest BCUT2D eigenvalue weighted by molar-refractivity contribution is 7.89. The summed E-state index contributed by atoms with van der Waals surface area (Å²) >= 11 is 0. The van der Waals surface area contributed by atoms with Gasteiger partial charge in [0.1, 0.15) is 11.7 Å². The molecule has 0 fully saturated rings. The third kappa shape index (κ3) is 6.00. The van der Waals surface area contributed by atoms with Gasteiger partial charge in [0, 0.05) is 13.2 Å². The van der Waals surface area contributed by atoms with E-state index in [1.54, 1.807) is 51.4 Å². The molecule has 0 spiro atoms. The molecular weight excluding hydrogens is 398 g/mol. The molecule has 1 heterocycles. The fraction of sp³-hybridized carbons (Fsp3) is 0.316. The van der Waals surface area contributed by atoms with Crippen LogP contribution in [0.3, 0.4) is 0 Å². The number of hydrogen-bond acceptors (Lipinski definition) is 6. The minimum absolute atomic E-state index is 0.00403. The molecule has 1 aromatic heterocycles. The lowest BCUT2D eigenvalue weighted by molar-refractivity contribution is -0.150. The van der Waals surface area contributed by atoms with Crippen LogP contribution < -0.4 is 10.0 Å². The van der Waals surface area contributed by atoms with Gasteiger partial charge in [-0.2, -0.15) is 4.72 Å². The maximum Gasteiger partial charge on any atom is 0.324 e. The molecule has 0 unspecified atom stereocenters. The largest absolute Gasteiger partial charge is 0.454 e. The van der Waals surface area contributed by atoms with Gasteiger partial charge in [-0.25, -0.2) is 8.42 Å². The Morgan fingerprint density at radius 1 is 1.07 bits per heavy atom. The average Bonchev–Trinajstić information content (AvgIpc) is 3.11. The molecule has 0 aliphatic heterocycles. The average molecular weight is 421 g/mol. The first-order valence-corrected chi connectivity index (χ1v) is 10.3. The van der Waals surface area contributed by atoms with Crippen LogP contribution in [0.2, 0.25) is 0 Å². The molecule has 9 nitrogen and oxygen atoms in total. The number of rotatable bonds is 8. The fourth-order valence-corrected chi connectivity index (χ4v) is 3.80. The van der Waals surface area contributed by atoms with Gasteiger partial charge in [-0.1, -0.05) is 32.0 Å². The lowest BCUT2D eigenvalue weighted by Gasteiger charge is -2.20. The van der Waals surface area contributed by atoms with Crippen molar-refractivity contribution in [2.24, 2.45) is 13.0 Å². The Morgan fingerprint density at radius 3 is 2.28 bits per heavy atom. The zero-order valence-corrected chi connectivity index (χ0v) is 17.1. The second-order valence-electron chi connectivity index (χ2n) is 6.65. The monoisotopic (exact) mass is 421 g/mol. The summed E-state index contributed by atoms with van der Waals surface area (Å²) in [7, 11) is -2.31. The summed E-state index contributed by atoms with van der Waals surface area (Å²) in [5.74, 6) is -2.81. The van der Waals surface area contributed by atoms with Crippen LogP contribution in [0, 0.1) is 5.92 Å². The number of benzene rings is 1. The highest BCUT2D eigenvalue weighted by Crippen LogP contribution is 2.12. The van der Waals surface area contributed by atoms with E-state index in [2.05, 4.69) is 10.0 Å². The summed E-state index contributed by atoms with van der Waals surface area (Å²) in [5.41, 5.74) is 0.264. The molecule has 2 N–H and O–H groups in total. The van der Waals surface area contributed by atoms with E-state index in [1.807, 2.05) is 0 Å². The Morgan fingerprint density at radius 2 is 1.72 bits per heavy atom. The molecule has 0 aliphatic rings. The third-order valence-corrected chi connectivity index (χ3v) is 5.49. The van der Waals surface area contributed by atoms with Crippen molar-refractivity contribution in [2.75, 3.05) is 6.61 Å². The second kappa shape index (κ2) is 9.48. The van der Waals surface area contributed by atoms with E-state index in [0.29, 0.717) is 0 Å². The number of carbonyl (C=O) groups is 3.